The van der Waals surface area contributed by atoms with Crippen LogP contribution in [0.5, 0.6) is 5.75 Å². The second kappa shape index (κ2) is 9.71. The van der Waals surface area contributed by atoms with Crippen LogP contribution < -0.4 is 15.8 Å². The number of hydrogen-bond acceptors (Lipinski definition) is 5. The predicted molar refractivity (Wildman–Crippen MR) is 92.6 cm³/mol. The minimum Gasteiger partial charge on any atom is -0.492 e. The van der Waals surface area contributed by atoms with Crippen LogP contribution in [0, 0.1) is 0 Å². The van der Waals surface area contributed by atoms with E-state index >= 15 is 0 Å². The maximum Gasteiger partial charge on any atom is 0.246 e. The lowest BCUT2D eigenvalue weighted by Gasteiger charge is -2.21. The fourth-order valence-electron chi connectivity index (χ4n) is 1.98. The monoisotopic (exact) mass is 365 g/mol. The van der Waals surface area contributed by atoms with Crippen molar-refractivity contribution >= 4 is 34.0 Å². The van der Waals surface area contributed by atoms with Crippen molar-refractivity contribution < 1.29 is 17.9 Å². The first kappa shape index (κ1) is 21.6. The van der Waals surface area contributed by atoms with Crippen LogP contribution in [0.15, 0.2) is 23.1 Å². The summed E-state index contributed by atoms with van der Waals surface area (Å²) in [5.41, 5.74) is 5.61. The highest BCUT2D eigenvalue weighted by Gasteiger charge is 2.26. The first-order valence-corrected chi connectivity index (χ1v) is 8.61. The van der Waals surface area contributed by atoms with Crippen molar-refractivity contribution in [2.75, 3.05) is 31.6 Å². The van der Waals surface area contributed by atoms with Crippen LogP contribution in [-0.2, 0) is 14.8 Å². The van der Waals surface area contributed by atoms with Gasteiger partial charge in [0, 0.05) is 18.8 Å². The van der Waals surface area contributed by atoms with Crippen LogP contribution in [0.3, 0.4) is 0 Å². The normalized spacial score (nSPS) is 11.0. The Morgan fingerprint density at radius 1 is 1.26 bits per heavy atom. The molecule has 0 radical (unpaired) electrons. The zero-order valence-electron chi connectivity index (χ0n) is 13.5. The summed E-state index contributed by atoms with van der Waals surface area (Å²) in [6, 6.07) is 4.51. The molecular weight excluding hydrogens is 342 g/mol. The van der Waals surface area contributed by atoms with Gasteiger partial charge in [-0.05, 0) is 25.1 Å². The number of anilines is 1. The van der Waals surface area contributed by atoms with E-state index in [1.54, 1.807) is 26.8 Å². The Labute approximate surface area is 143 Å². The second-order valence-electron chi connectivity index (χ2n) is 4.44. The minimum atomic E-state index is -3.69. The standard InChI is InChI=1S/C14H23N3O4S.ClH/c1-4-17(5-2)22(19,20)13-9-11(16-14(18)10-15)7-8-12(13)21-6-3;/h7-9H,4-6,10,15H2,1-3H3,(H,16,18);1H. The van der Waals surface area contributed by atoms with Gasteiger partial charge in [-0.1, -0.05) is 13.8 Å². The van der Waals surface area contributed by atoms with Gasteiger partial charge in [0.2, 0.25) is 15.9 Å². The van der Waals surface area contributed by atoms with Gasteiger partial charge in [-0.2, -0.15) is 4.31 Å². The van der Waals surface area contributed by atoms with E-state index in [0.717, 1.165) is 0 Å². The maximum absolute atomic E-state index is 12.7. The Bertz CT molecular complexity index is 618. The van der Waals surface area contributed by atoms with Crippen LogP contribution in [0.4, 0.5) is 5.69 Å². The quantitative estimate of drug-likeness (QED) is 0.725. The molecule has 0 aliphatic rings. The van der Waals surface area contributed by atoms with Crippen molar-refractivity contribution in [3.63, 3.8) is 0 Å². The van der Waals surface area contributed by atoms with Gasteiger partial charge < -0.3 is 15.8 Å². The molecule has 9 heteroatoms. The molecule has 0 spiro atoms. The number of carbonyl (C=O) groups is 1. The lowest BCUT2D eigenvalue weighted by atomic mass is 10.3. The Kier molecular flexibility index (Phi) is 9.14. The highest BCUT2D eigenvalue weighted by Crippen LogP contribution is 2.30. The third kappa shape index (κ3) is 5.35. The van der Waals surface area contributed by atoms with Gasteiger partial charge in [-0.3, -0.25) is 4.79 Å². The lowest BCUT2D eigenvalue weighted by molar-refractivity contribution is -0.114. The van der Waals surface area contributed by atoms with Crippen molar-refractivity contribution in [1.29, 1.82) is 0 Å². The average molecular weight is 366 g/mol. The number of halogens is 1. The highest BCUT2D eigenvalue weighted by molar-refractivity contribution is 7.89. The molecule has 0 aliphatic heterocycles. The molecule has 1 aromatic carbocycles. The molecule has 1 amide bonds. The summed E-state index contributed by atoms with van der Waals surface area (Å²) in [6.45, 7) is 6.18. The van der Waals surface area contributed by atoms with Crippen LogP contribution in [0.25, 0.3) is 0 Å². The first-order chi connectivity index (χ1) is 10.4. The molecular formula is C14H24ClN3O4S. The van der Waals surface area contributed by atoms with E-state index in [1.807, 2.05) is 0 Å². The molecule has 0 unspecified atom stereocenters. The third-order valence-corrected chi connectivity index (χ3v) is 5.11. The summed E-state index contributed by atoms with van der Waals surface area (Å²) < 4.78 is 32.2. The number of sulfonamides is 1. The van der Waals surface area contributed by atoms with Gasteiger partial charge in [0.05, 0.1) is 13.2 Å². The summed E-state index contributed by atoms with van der Waals surface area (Å²) in [7, 11) is -3.69. The molecule has 0 bridgehead atoms. The molecule has 0 fully saturated rings. The number of nitrogens with two attached hydrogens (primary N) is 1. The van der Waals surface area contributed by atoms with Gasteiger partial charge >= 0.3 is 0 Å². The molecule has 1 rings (SSSR count). The topological polar surface area (TPSA) is 102 Å². The summed E-state index contributed by atoms with van der Waals surface area (Å²) >= 11 is 0. The molecule has 23 heavy (non-hydrogen) atoms. The third-order valence-electron chi connectivity index (χ3n) is 3.04. The van der Waals surface area contributed by atoms with E-state index in [2.05, 4.69) is 5.32 Å². The first-order valence-electron chi connectivity index (χ1n) is 7.17. The fourth-order valence-corrected chi connectivity index (χ4v) is 3.59. The number of hydrogen-bond donors (Lipinski definition) is 2. The number of rotatable bonds is 8. The average Bonchev–Trinajstić information content (AvgIpc) is 2.49. The minimum absolute atomic E-state index is 0. The van der Waals surface area contributed by atoms with Crippen LogP contribution in [0.2, 0.25) is 0 Å². The van der Waals surface area contributed by atoms with Gasteiger partial charge in [0.15, 0.2) is 0 Å². The van der Waals surface area contributed by atoms with Gasteiger partial charge in [-0.25, -0.2) is 8.42 Å². The summed E-state index contributed by atoms with van der Waals surface area (Å²) in [6.07, 6.45) is 0. The van der Waals surface area contributed by atoms with E-state index < -0.39 is 15.9 Å². The molecule has 0 atom stereocenters. The molecule has 0 saturated carbocycles. The SMILES string of the molecule is CCOc1ccc(NC(=O)CN)cc1S(=O)(=O)N(CC)CC.Cl. The van der Waals surface area contributed by atoms with Crippen molar-refractivity contribution in [3.05, 3.63) is 18.2 Å². The van der Waals surface area contributed by atoms with E-state index in [9.17, 15) is 13.2 Å². The Balaban J connectivity index is 0.00000484. The Morgan fingerprint density at radius 2 is 1.87 bits per heavy atom. The number of benzene rings is 1. The number of nitrogens with zero attached hydrogens (tertiary/aromatic N) is 1. The van der Waals surface area contributed by atoms with Gasteiger partial charge in [0.1, 0.15) is 10.6 Å². The summed E-state index contributed by atoms with van der Waals surface area (Å²) in [5, 5.41) is 2.55. The molecule has 1 aromatic rings. The zero-order valence-corrected chi connectivity index (χ0v) is 15.2. The smallest absolute Gasteiger partial charge is 0.246 e. The summed E-state index contributed by atoms with van der Waals surface area (Å²) in [4.78, 5) is 11.4. The highest BCUT2D eigenvalue weighted by atomic mass is 35.5. The predicted octanol–water partition coefficient (Wildman–Crippen LogP) is 1.43. The van der Waals surface area contributed by atoms with E-state index in [0.29, 0.717) is 25.4 Å². The fraction of sp³-hybridized carbons (Fsp3) is 0.500. The Hall–Kier alpha value is -1.35. The number of nitrogens with one attached hydrogen (secondary N) is 1. The van der Waals surface area contributed by atoms with Crippen molar-refractivity contribution in [1.82, 2.24) is 4.31 Å². The van der Waals surface area contributed by atoms with Gasteiger partial charge in [-0.15, -0.1) is 12.4 Å². The molecule has 132 valence electrons. The number of carbonyl (C=O) groups excluding carboxylic acids is 1. The van der Waals surface area contributed by atoms with E-state index in [1.165, 1.54) is 16.4 Å². The van der Waals surface area contributed by atoms with Crippen LogP contribution >= 0.6 is 12.4 Å². The van der Waals surface area contributed by atoms with Crippen molar-refractivity contribution in [2.24, 2.45) is 5.73 Å². The van der Waals surface area contributed by atoms with Crippen LogP contribution in [-0.4, -0.2) is 44.9 Å². The van der Waals surface area contributed by atoms with Crippen LogP contribution in [0.1, 0.15) is 20.8 Å². The van der Waals surface area contributed by atoms with Crippen molar-refractivity contribution in [2.45, 2.75) is 25.7 Å². The lowest BCUT2D eigenvalue weighted by Crippen LogP contribution is -2.31. The van der Waals surface area contributed by atoms with Gasteiger partial charge in [0.25, 0.3) is 0 Å². The number of amides is 1. The van der Waals surface area contributed by atoms with Crippen molar-refractivity contribution in [3.8, 4) is 5.75 Å². The molecule has 0 saturated heterocycles. The molecule has 0 heterocycles. The summed E-state index contributed by atoms with van der Waals surface area (Å²) in [5.74, 6) is -0.129. The Morgan fingerprint density at radius 3 is 2.35 bits per heavy atom. The zero-order chi connectivity index (χ0) is 16.8. The van der Waals surface area contributed by atoms with E-state index in [-0.39, 0.29) is 29.6 Å². The molecule has 3 N–H and O–H groups in total. The van der Waals surface area contributed by atoms with E-state index in [4.69, 9.17) is 10.5 Å². The maximum atomic E-state index is 12.7. The molecule has 7 nitrogen and oxygen atoms in total. The second-order valence-corrected chi connectivity index (χ2v) is 6.34. The largest absolute Gasteiger partial charge is 0.492 e. The number of ether oxygens (including phenoxy) is 1. The molecule has 0 aliphatic carbocycles. The molecule has 0 aromatic heterocycles.